The average Bonchev–Trinajstić information content (AvgIpc) is 3.03. The van der Waals surface area contributed by atoms with Crippen LogP contribution in [0.25, 0.3) is 0 Å². The Balaban J connectivity index is 1.54. The number of fused-ring (bicyclic) bond motifs is 5. The number of carbonyl (C=O) groups is 1. The van der Waals surface area contributed by atoms with Gasteiger partial charge in [-0.2, -0.15) is 0 Å². The highest BCUT2D eigenvalue weighted by atomic mass is 16.3. The Morgan fingerprint density at radius 1 is 1.07 bits per heavy atom. The van der Waals surface area contributed by atoms with E-state index in [1.807, 2.05) is 13.8 Å². The fraction of sp³-hybridized carbons (Fsp3) is 0.821. The topological polar surface area (TPSA) is 37.3 Å². The summed E-state index contributed by atoms with van der Waals surface area (Å²) < 4.78 is 0. The highest BCUT2D eigenvalue weighted by molar-refractivity contribution is 5.79. The van der Waals surface area contributed by atoms with Crippen LogP contribution in [0.2, 0.25) is 0 Å². The maximum atomic E-state index is 12.1. The molecule has 0 saturated heterocycles. The molecule has 2 heteroatoms. The summed E-state index contributed by atoms with van der Waals surface area (Å²) in [4.78, 5) is 12.1. The zero-order valence-corrected chi connectivity index (χ0v) is 20.2. The van der Waals surface area contributed by atoms with Crippen molar-refractivity contribution in [3.05, 3.63) is 23.8 Å². The normalized spacial score (nSPS) is 43.6. The Morgan fingerprint density at radius 2 is 1.77 bits per heavy atom. The molecule has 2 nitrogen and oxygen atoms in total. The summed E-state index contributed by atoms with van der Waals surface area (Å²) in [6, 6.07) is 0. The molecule has 0 aromatic carbocycles. The molecule has 4 rings (SSSR count). The third-order valence-electron chi connectivity index (χ3n) is 10.4. The average molecular weight is 413 g/mol. The van der Waals surface area contributed by atoms with Crippen LogP contribution in [0.5, 0.6) is 0 Å². The van der Waals surface area contributed by atoms with Crippen LogP contribution in [0, 0.1) is 46.3 Å². The molecule has 30 heavy (non-hydrogen) atoms. The molecule has 8 atom stereocenters. The Labute approximate surface area is 184 Å². The van der Waals surface area contributed by atoms with Gasteiger partial charge in [-0.25, -0.2) is 0 Å². The van der Waals surface area contributed by atoms with E-state index < -0.39 is 5.60 Å². The van der Waals surface area contributed by atoms with E-state index in [0.717, 1.165) is 37.5 Å². The number of aliphatic hydroxyl groups is 1. The van der Waals surface area contributed by atoms with Crippen molar-refractivity contribution in [2.24, 2.45) is 46.3 Å². The van der Waals surface area contributed by atoms with E-state index in [1.54, 1.807) is 5.57 Å². The van der Waals surface area contributed by atoms with Gasteiger partial charge >= 0.3 is 0 Å². The van der Waals surface area contributed by atoms with Gasteiger partial charge in [0.05, 0.1) is 5.60 Å². The number of carbonyl (C=O) groups excluding carboxylic acids is 1. The lowest BCUT2D eigenvalue weighted by atomic mass is 9.48. The van der Waals surface area contributed by atoms with Crippen LogP contribution in [-0.4, -0.2) is 16.5 Å². The SMILES string of the molecule is C[C@H](C=C[C@H](C)C(C)(C)O)[C@H]1CC[C@H]2C3=CC[C@H]4CC(=O)CC[C@]4(C)[C@H]3CC[C@]12C. The number of rotatable bonds is 4. The molecule has 0 aromatic rings. The van der Waals surface area contributed by atoms with E-state index in [2.05, 4.69) is 45.9 Å². The van der Waals surface area contributed by atoms with Crippen molar-refractivity contribution >= 4 is 5.78 Å². The van der Waals surface area contributed by atoms with Gasteiger partial charge in [0.15, 0.2) is 0 Å². The molecule has 3 fully saturated rings. The Morgan fingerprint density at radius 3 is 2.47 bits per heavy atom. The fourth-order valence-corrected chi connectivity index (χ4v) is 7.92. The smallest absolute Gasteiger partial charge is 0.133 e. The van der Waals surface area contributed by atoms with Crippen molar-refractivity contribution in [3.63, 3.8) is 0 Å². The predicted octanol–water partition coefficient (Wildman–Crippen LogP) is 6.73. The van der Waals surface area contributed by atoms with Crippen molar-refractivity contribution in [2.75, 3.05) is 0 Å². The lowest BCUT2D eigenvalue weighted by Gasteiger charge is -2.57. The van der Waals surface area contributed by atoms with Crippen LogP contribution in [0.4, 0.5) is 0 Å². The summed E-state index contributed by atoms with van der Waals surface area (Å²) >= 11 is 0. The molecule has 0 heterocycles. The standard InChI is InChI=1S/C28H44O2/c1-18(7-8-19(2)26(3,4)30)23-11-12-24-22-10-9-20-17-21(29)13-15-27(20,5)25(22)14-16-28(23,24)6/h7-8,10,18-20,23-25,30H,9,11-17H2,1-6H3/t18-,19+,20+,23-,24+,25+,27+,28-/m1/s1. The van der Waals surface area contributed by atoms with Crippen molar-refractivity contribution in [1.29, 1.82) is 0 Å². The van der Waals surface area contributed by atoms with Crippen molar-refractivity contribution in [3.8, 4) is 0 Å². The summed E-state index contributed by atoms with van der Waals surface area (Å²) in [5.74, 6) is 3.99. The largest absolute Gasteiger partial charge is 0.390 e. The van der Waals surface area contributed by atoms with E-state index in [4.69, 9.17) is 0 Å². The van der Waals surface area contributed by atoms with Crippen molar-refractivity contribution in [1.82, 2.24) is 0 Å². The predicted molar refractivity (Wildman–Crippen MR) is 124 cm³/mol. The Hall–Kier alpha value is -0.890. The fourth-order valence-electron chi connectivity index (χ4n) is 7.92. The highest BCUT2D eigenvalue weighted by Crippen LogP contribution is 2.66. The van der Waals surface area contributed by atoms with E-state index in [-0.39, 0.29) is 5.92 Å². The second-order valence-corrected chi connectivity index (χ2v) is 12.4. The quantitative estimate of drug-likeness (QED) is 0.520. The minimum absolute atomic E-state index is 0.174. The van der Waals surface area contributed by atoms with Crippen LogP contribution in [-0.2, 0) is 4.79 Å². The van der Waals surface area contributed by atoms with E-state index in [9.17, 15) is 9.90 Å². The number of ketones is 1. The summed E-state index contributed by atoms with van der Waals surface area (Å²) in [6.07, 6.45) is 16.4. The number of hydrogen-bond acceptors (Lipinski definition) is 2. The summed E-state index contributed by atoms with van der Waals surface area (Å²) in [7, 11) is 0. The molecule has 0 unspecified atom stereocenters. The van der Waals surface area contributed by atoms with Crippen molar-refractivity contribution in [2.45, 2.75) is 98.5 Å². The molecule has 3 saturated carbocycles. The molecule has 0 spiro atoms. The summed E-state index contributed by atoms with van der Waals surface area (Å²) in [6.45, 7) is 13.4. The summed E-state index contributed by atoms with van der Waals surface area (Å²) in [5, 5.41) is 10.3. The van der Waals surface area contributed by atoms with E-state index in [1.165, 1.54) is 25.7 Å². The molecule has 0 radical (unpaired) electrons. The third kappa shape index (κ3) is 3.55. The van der Waals surface area contributed by atoms with Gasteiger partial charge in [0.2, 0.25) is 0 Å². The number of Topliss-reactive ketones (excluding diaryl/α,β-unsaturated/α-hetero) is 1. The first-order valence-corrected chi connectivity index (χ1v) is 12.6. The van der Waals surface area contributed by atoms with Gasteiger partial charge in [0.1, 0.15) is 5.78 Å². The first-order chi connectivity index (χ1) is 14.0. The zero-order valence-electron chi connectivity index (χ0n) is 20.2. The molecule has 0 bridgehead atoms. The first kappa shape index (κ1) is 22.3. The van der Waals surface area contributed by atoms with Gasteiger partial charge < -0.3 is 5.11 Å². The maximum Gasteiger partial charge on any atom is 0.133 e. The molecule has 1 N–H and O–H groups in total. The van der Waals surface area contributed by atoms with Crippen LogP contribution < -0.4 is 0 Å². The van der Waals surface area contributed by atoms with E-state index >= 15 is 0 Å². The van der Waals surface area contributed by atoms with Gasteiger partial charge in [0.25, 0.3) is 0 Å². The highest BCUT2D eigenvalue weighted by Gasteiger charge is 2.58. The van der Waals surface area contributed by atoms with Gasteiger partial charge in [-0.1, -0.05) is 51.5 Å². The Kier molecular flexibility index (Phi) is 5.66. The minimum atomic E-state index is -0.656. The van der Waals surface area contributed by atoms with E-state index in [0.29, 0.717) is 34.4 Å². The van der Waals surface area contributed by atoms with Gasteiger partial charge in [-0.15, -0.1) is 0 Å². The van der Waals surface area contributed by atoms with Crippen LogP contribution in [0.15, 0.2) is 23.8 Å². The van der Waals surface area contributed by atoms with Crippen molar-refractivity contribution < 1.29 is 9.90 Å². The monoisotopic (exact) mass is 412 g/mol. The second kappa shape index (κ2) is 7.61. The van der Waals surface area contributed by atoms with Crippen LogP contribution in [0.3, 0.4) is 0 Å². The maximum absolute atomic E-state index is 12.1. The Bertz CT molecular complexity index is 740. The lowest BCUT2D eigenvalue weighted by Crippen LogP contribution is -2.49. The summed E-state index contributed by atoms with van der Waals surface area (Å²) in [5.41, 5.74) is 1.87. The van der Waals surface area contributed by atoms with Gasteiger partial charge in [-0.3, -0.25) is 4.79 Å². The second-order valence-electron chi connectivity index (χ2n) is 12.4. The first-order valence-electron chi connectivity index (χ1n) is 12.6. The van der Waals surface area contributed by atoms with Crippen LogP contribution in [0.1, 0.15) is 92.9 Å². The molecule has 0 aliphatic heterocycles. The molecule has 0 aromatic heterocycles. The molecular weight excluding hydrogens is 368 g/mol. The third-order valence-corrected chi connectivity index (χ3v) is 10.4. The lowest BCUT2D eigenvalue weighted by molar-refractivity contribution is -0.127. The molecular formula is C28H44O2. The van der Waals surface area contributed by atoms with Crippen LogP contribution >= 0.6 is 0 Å². The number of allylic oxidation sites excluding steroid dienone is 3. The van der Waals surface area contributed by atoms with Gasteiger partial charge in [-0.05, 0) is 92.8 Å². The molecule has 4 aliphatic rings. The number of hydrogen-bond donors (Lipinski definition) is 1. The molecule has 4 aliphatic carbocycles. The molecule has 168 valence electrons. The zero-order chi connectivity index (χ0) is 21.9. The minimum Gasteiger partial charge on any atom is -0.390 e. The van der Waals surface area contributed by atoms with Gasteiger partial charge in [0, 0.05) is 18.8 Å². The molecule has 0 amide bonds.